The minimum atomic E-state index is -2.93. The van der Waals surface area contributed by atoms with Crippen molar-refractivity contribution >= 4 is 9.84 Å². The maximum Gasteiger partial charge on any atom is 0.173 e. The normalized spacial score (nSPS) is 26.6. The largest absolute Gasteiger partial charge is 0.384 e. The average Bonchev–Trinajstić information content (AvgIpc) is 2.43. The molecule has 4 nitrogen and oxygen atoms in total. The summed E-state index contributed by atoms with van der Waals surface area (Å²) in [5, 5.41) is 4.46. The summed E-state index contributed by atoms with van der Waals surface area (Å²) in [7, 11) is -1.27. The smallest absolute Gasteiger partial charge is 0.173 e. The zero-order valence-electron chi connectivity index (χ0n) is 8.56. The number of sulfone groups is 1. The molecule has 1 N–H and O–H groups in total. The van der Waals surface area contributed by atoms with Crippen LogP contribution in [-0.4, -0.2) is 40.5 Å². The number of nitrogens with one attached hydrogen (secondary N) is 1. The zero-order chi connectivity index (χ0) is 10.6. The Bertz CT molecular complexity index is 297. The summed E-state index contributed by atoms with van der Waals surface area (Å²) >= 11 is 0. The molecule has 82 valence electrons. The van der Waals surface area contributed by atoms with E-state index in [-0.39, 0.29) is 11.8 Å². The van der Waals surface area contributed by atoms with Crippen LogP contribution in [0.4, 0.5) is 0 Å². The zero-order valence-corrected chi connectivity index (χ0v) is 9.38. The van der Waals surface area contributed by atoms with E-state index < -0.39 is 9.84 Å². The molecule has 0 fully saturated rings. The van der Waals surface area contributed by atoms with Crippen molar-refractivity contribution in [3.05, 3.63) is 11.5 Å². The topological polar surface area (TPSA) is 55.4 Å². The molecule has 14 heavy (non-hydrogen) atoms. The third kappa shape index (κ3) is 3.77. The highest BCUT2D eigenvalue weighted by molar-refractivity contribution is 7.94. The lowest BCUT2D eigenvalue weighted by atomic mass is 10.2. The minimum Gasteiger partial charge on any atom is -0.384 e. The van der Waals surface area contributed by atoms with Gasteiger partial charge in [0.15, 0.2) is 9.84 Å². The quantitative estimate of drug-likeness (QED) is 0.716. The van der Waals surface area contributed by atoms with Gasteiger partial charge in [0.1, 0.15) is 0 Å². The van der Waals surface area contributed by atoms with Crippen LogP contribution in [0.2, 0.25) is 0 Å². The van der Waals surface area contributed by atoms with Crippen LogP contribution in [0.5, 0.6) is 0 Å². The van der Waals surface area contributed by atoms with Gasteiger partial charge in [-0.05, 0) is 5.92 Å². The number of hydrogen-bond donors (Lipinski definition) is 1. The molecule has 0 bridgehead atoms. The lowest BCUT2D eigenvalue weighted by Crippen LogP contribution is -2.34. The molecule has 1 aliphatic rings. The second-order valence-corrected chi connectivity index (χ2v) is 5.66. The van der Waals surface area contributed by atoms with Gasteiger partial charge in [0, 0.05) is 31.7 Å². The summed E-state index contributed by atoms with van der Waals surface area (Å²) in [6, 6.07) is -0.0284. The van der Waals surface area contributed by atoms with E-state index in [2.05, 4.69) is 12.2 Å². The number of ether oxygens (including phenoxy) is 1. The van der Waals surface area contributed by atoms with E-state index in [4.69, 9.17) is 4.74 Å². The molecule has 0 aliphatic carbocycles. The van der Waals surface area contributed by atoms with Crippen LogP contribution in [0, 0.1) is 5.92 Å². The van der Waals surface area contributed by atoms with Crippen LogP contribution in [0.25, 0.3) is 0 Å². The molecule has 0 amide bonds. The van der Waals surface area contributed by atoms with Crippen molar-refractivity contribution in [1.82, 2.24) is 5.32 Å². The van der Waals surface area contributed by atoms with Crippen LogP contribution in [0.3, 0.4) is 0 Å². The molecule has 0 saturated heterocycles. The van der Waals surface area contributed by atoms with Crippen molar-refractivity contribution in [3.8, 4) is 0 Å². The summed E-state index contributed by atoms with van der Waals surface area (Å²) in [6.07, 6.45) is 1.70. The molecule has 1 rings (SSSR count). The van der Waals surface area contributed by atoms with Crippen molar-refractivity contribution in [2.75, 3.05) is 26.0 Å². The summed E-state index contributed by atoms with van der Waals surface area (Å²) in [4.78, 5) is 0. The molecule has 2 atom stereocenters. The highest BCUT2D eigenvalue weighted by atomic mass is 32.2. The molecular weight excluding hydrogens is 202 g/mol. The van der Waals surface area contributed by atoms with Gasteiger partial charge in [0.2, 0.25) is 0 Å². The molecule has 1 aliphatic heterocycles. The van der Waals surface area contributed by atoms with Crippen molar-refractivity contribution in [1.29, 1.82) is 0 Å². The summed E-state index contributed by atoms with van der Waals surface area (Å²) in [5.74, 6) is 0.587. The van der Waals surface area contributed by atoms with E-state index in [9.17, 15) is 8.42 Å². The summed E-state index contributed by atoms with van der Waals surface area (Å²) < 4.78 is 27.1. The Hall–Kier alpha value is -0.390. The first kappa shape index (κ1) is 11.7. The van der Waals surface area contributed by atoms with Crippen LogP contribution in [0.1, 0.15) is 6.92 Å². The van der Waals surface area contributed by atoms with Gasteiger partial charge in [-0.3, -0.25) is 0 Å². The van der Waals surface area contributed by atoms with Gasteiger partial charge in [-0.15, -0.1) is 0 Å². The van der Waals surface area contributed by atoms with Crippen molar-refractivity contribution in [2.45, 2.75) is 13.0 Å². The first-order valence-electron chi connectivity index (χ1n) is 4.67. The first-order chi connectivity index (χ1) is 6.53. The number of methoxy groups -OCH3 is 1. The van der Waals surface area contributed by atoms with Crippen LogP contribution in [-0.2, 0) is 14.6 Å². The van der Waals surface area contributed by atoms with Gasteiger partial charge in [0.25, 0.3) is 0 Å². The fourth-order valence-corrected chi connectivity index (χ4v) is 2.67. The van der Waals surface area contributed by atoms with E-state index in [1.807, 2.05) is 0 Å². The molecular formula is C9H17NO3S. The number of rotatable bonds is 5. The molecule has 0 aromatic carbocycles. The van der Waals surface area contributed by atoms with Gasteiger partial charge in [-0.1, -0.05) is 13.0 Å². The SMILES string of the molecule is COCC(C)CNC1C=CS(=O)(=O)C1. The Morgan fingerprint density at radius 3 is 2.86 bits per heavy atom. The van der Waals surface area contributed by atoms with Gasteiger partial charge in [-0.25, -0.2) is 8.42 Å². The minimum absolute atomic E-state index is 0.0284. The highest BCUT2D eigenvalue weighted by Crippen LogP contribution is 2.08. The predicted molar refractivity (Wildman–Crippen MR) is 55.8 cm³/mol. The Balaban J connectivity index is 2.25. The molecule has 1 heterocycles. The van der Waals surface area contributed by atoms with Crippen molar-refractivity contribution in [3.63, 3.8) is 0 Å². The highest BCUT2D eigenvalue weighted by Gasteiger charge is 2.21. The Morgan fingerprint density at radius 2 is 2.36 bits per heavy atom. The van der Waals surface area contributed by atoms with Crippen molar-refractivity contribution < 1.29 is 13.2 Å². The van der Waals surface area contributed by atoms with Crippen LogP contribution < -0.4 is 5.32 Å². The number of hydrogen-bond acceptors (Lipinski definition) is 4. The first-order valence-corrected chi connectivity index (χ1v) is 6.38. The van der Waals surface area contributed by atoms with Gasteiger partial charge in [0.05, 0.1) is 5.75 Å². The summed E-state index contributed by atoms with van der Waals surface area (Å²) in [5.41, 5.74) is 0. The van der Waals surface area contributed by atoms with Crippen molar-refractivity contribution in [2.24, 2.45) is 5.92 Å². The molecule has 0 aromatic heterocycles. The Kier molecular flexibility index (Phi) is 4.10. The Labute approximate surface area is 85.3 Å². The molecule has 5 heteroatoms. The molecule has 2 unspecified atom stereocenters. The van der Waals surface area contributed by atoms with E-state index >= 15 is 0 Å². The molecule has 0 aromatic rings. The maximum atomic E-state index is 11.1. The lowest BCUT2D eigenvalue weighted by Gasteiger charge is -2.14. The van der Waals surface area contributed by atoms with Gasteiger partial charge < -0.3 is 10.1 Å². The van der Waals surface area contributed by atoms with Gasteiger partial charge >= 0.3 is 0 Å². The summed E-state index contributed by atoms with van der Waals surface area (Å²) in [6.45, 7) is 3.53. The van der Waals surface area contributed by atoms with Crippen LogP contribution >= 0.6 is 0 Å². The van der Waals surface area contributed by atoms with Gasteiger partial charge in [-0.2, -0.15) is 0 Å². The second kappa shape index (κ2) is 4.91. The third-order valence-electron chi connectivity index (χ3n) is 2.11. The van der Waals surface area contributed by atoms with E-state index in [1.54, 1.807) is 13.2 Å². The van der Waals surface area contributed by atoms with E-state index in [0.717, 1.165) is 6.54 Å². The maximum absolute atomic E-state index is 11.1. The second-order valence-electron chi connectivity index (χ2n) is 3.73. The molecule has 0 spiro atoms. The predicted octanol–water partition coefficient (Wildman–Crippen LogP) is 0.169. The Morgan fingerprint density at radius 1 is 1.64 bits per heavy atom. The van der Waals surface area contributed by atoms with E-state index in [1.165, 1.54) is 5.41 Å². The molecule has 0 radical (unpaired) electrons. The fraction of sp³-hybridized carbons (Fsp3) is 0.778. The fourth-order valence-electron chi connectivity index (χ4n) is 1.40. The van der Waals surface area contributed by atoms with E-state index in [0.29, 0.717) is 12.5 Å². The monoisotopic (exact) mass is 219 g/mol. The van der Waals surface area contributed by atoms with Crippen LogP contribution in [0.15, 0.2) is 11.5 Å². The third-order valence-corrected chi connectivity index (χ3v) is 3.51. The average molecular weight is 219 g/mol. The molecule has 0 saturated carbocycles. The standard InChI is InChI=1S/C9H17NO3S/c1-8(6-13-2)5-10-9-3-4-14(11,12)7-9/h3-4,8-10H,5-7H2,1-2H3. The lowest BCUT2D eigenvalue weighted by molar-refractivity contribution is 0.158.